The molecule has 0 aromatic heterocycles. The highest BCUT2D eigenvalue weighted by molar-refractivity contribution is 5.99. The van der Waals surface area contributed by atoms with Crippen molar-refractivity contribution in [2.24, 2.45) is 5.92 Å². The molecule has 2 aliphatic heterocycles. The fraction of sp³-hybridized carbons (Fsp3) is 0.429. The first-order valence-corrected chi connectivity index (χ1v) is 6.47. The molecule has 0 bridgehead atoms. The molecule has 2 heterocycles. The first-order chi connectivity index (χ1) is 9.69. The van der Waals surface area contributed by atoms with Crippen LogP contribution in [0.15, 0.2) is 18.2 Å². The first-order valence-electron chi connectivity index (χ1n) is 6.47. The number of ether oxygens (including phenoxy) is 3. The van der Waals surface area contributed by atoms with E-state index in [9.17, 15) is 9.59 Å². The Morgan fingerprint density at radius 1 is 1.30 bits per heavy atom. The number of amides is 1. The summed E-state index contributed by atoms with van der Waals surface area (Å²) in [7, 11) is 1.33. The molecule has 1 fully saturated rings. The summed E-state index contributed by atoms with van der Waals surface area (Å²) in [5.41, 5.74) is 0.714. The van der Waals surface area contributed by atoms with Gasteiger partial charge in [-0.05, 0) is 12.1 Å². The van der Waals surface area contributed by atoms with E-state index in [0.29, 0.717) is 36.9 Å². The zero-order chi connectivity index (χ0) is 14.1. The van der Waals surface area contributed by atoms with Crippen molar-refractivity contribution in [2.45, 2.75) is 6.42 Å². The second-order valence-electron chi connectivity index (χ2n) is 4.76. The van der Waals surface area contributed by atoms with Crippen molar-refractivity contribution < 1.29 is 23.8 Å². The molecular formula is C14H15NO5. The third-order valence-corrected chi connectivity index (χ3v) is 3.50. The number of methoxy groups -OCH3 is 1. The van der Waals surface area contributed by atoms with Gasteiger partial charge < -0.3 is 19.1 Å². The van der Waals surface area contributed by atoms with Crippen LogP contribution in [0.1, 0.15) is 6.42 Å². The Kier molecular flexibility index (Phi) is 3.22. The monoisotopic (exact) mass is 277 g/mol. The Labute approximate surface area is 116 Å². The van der Waals surface area contributed by atoms with Gasteiger partial charge >= 0.3 is 5.97 Å². The summed E-state index contributed by atoms with van der Waals surface area (Å²) in [4.78, 5) is 25.1. The third-order valence-electron chi connectivity index (χ3n) is 3.50. The van der Waals surface area contributed by atoms with Gasteiger partial charge in [-0.3, -0.25) is 9.59 Å². The minimum atomic E-state index is -0.402. The summed E-state index contributed by atoms with van der Waals surface area (Å²) in [5, 5.41) is 0. The van der Waals surface area contributed by atoms with Crippen LogP contribution >= 0.6 is 0 Å². The molecule has 0 aliphatic carbocycles. The van der Waals surface area contributed by atoms with E-state index < -0.39 is 5.92 Å². The number of esters is 1. The molecule has 0 saturated carbocycles. The molecule has 106 valence electrons. The maximum Gasteiger partial charge on any atom is 0.311 e. The second-order valence-corrected chi connectivity index (χ2v) is 4.76. The van der Waals surface area contributed by atoms with Gasteiger partial charge in [0, 0.05) is 24.7 Å². The average molecular weight is 277 g/mol. The lowest BCUT2D eigenvalue weighted by Crippen LogP contribution is -2.26. The fourth-order valence-electron chi connectivity index (χ4n) is 2.48. The molecule has 1 amide bonds. The maximum absolute atomic E-state index is 12.0. The van der Waals surface area contributed by atoms with Gasteiger partial charge in [-0.25, -0.2) is 0 Å². The SMILES string of the molecule is COC(=O)[C@@H]1CC(=O)N(c2ccc3c(c2)OCCO3)C1. The number of fused-ring (bicyclic) bond motifs is 1. The predicted molar refractivity (Wildman–Crippen MR) is 69.9 cm³/mol. The molecule has 2 aliphatic rings. The van der Waals surface area contributed by atoms with Gasteiger partial charge in [0.2, 0.25) is 5.91 Å². The van der Waals surface area contributed by atoms with Crippen molar-refractivity contribution in [3.63, 3.8) is 0 Å². The average Bonchev–Trinajstić information content (AvgIpc) is 2.88. The second kappa shape index (κ2) is 5.03. The molecule has 0 unspecified atom stereocenters. The predicted octanol–water partition coefficient (Wildman–Crippen LogP) is 0.984. The van der Waals surface area contributed by atoms with E-state index >= 15 is 0 Å². The zero-order valence-electron chi connectivity index (χ0n) is 11.1. The Balaban J connectivity index is 1.82. The first kappa shape index (κ1) is 12.8. The number of nitrogens with zero attached hydrogens (tertiary/aromatic N) is 1. The number of carbonyl (C=O) groups is 2. The summed E-state index contributed by atoms with van der Waals surface area (Å²) in [6.07, 6.45) is 0.182. The number of benzene rings is 1. The zero-order valence-corrected chi connectivity index (χ0v) is 11.1. The van der Waals surface area contributed by atoms with Gasteiger partial charge in [-0.1, -0.05) is 0 Å². The minimum absolute atomic E-state index is 0.0860. The van der Waals surface area contributed by atoms with Crippen molar-refractivity contribution in [1.82, 2.24) is 0 Å². The summed E-state index contributed by atoms with van der Waals surface area (Å²) >= 11 is 0. The molecule has 0 radical (unpaired) electrons. The van der Waals surface area contributed by atoms with Crippen molar-refractivity contribution in [1.29, 1.82) is 0 Å². The van der Waals surface area contributed by atoms with Crippen LogP contribution in [0.4, 0.5) is 5.69 Å². The number of carbonyl (C=O) groups excluding carboxylic acids is 2. The lowest BCUT2D eigenvalue weighted by molar-refractivity contribution is -0.145. The highest BCUT2D eigenvalue weighted by atomic mass is 16.6. The van der Waals surface area contributed by atoms with Crippen LogP contribution in [-0.4, -0.2) is 38.7 Å². The van der Waals surface area contributed by atoms with Crippen LogP contribution in [-0.2, 0) is 14.3 Å². The normalized spacial score (nSPS) is 20.9. The number of anilines is 1. The van der Waals surface area contributed by atoms with Crippen LogP contribution in [0, 0.1) is 5.92 Å². The maximum atomic E-state index is 12.0. The minimum Gasteiger partial charge on any atom is -0.486 e. The number of rotatable bonds is 2. The molecule has 1 atom stereocenters. The topological polar surface area (TPSA) is 65.1 Å². The van der Waals surface area contributed by atoms with E-state index in [1.807, 2.05) is 0 Å². The highest BCUT2D eigenvalue weighted by Crippen LogP contribution is 2.36. The Morgan fingerprint density at radius 3 is 2.80 bits per heavy atom. The molecule has 3 rings (SSSR count). The molecular weight excluding hydrogens is 262 g/mol. The number of hydrogen-bond donors (Lipinski definition) is 0. The van der Waals surface area contributed by atoms with E-state index in [4.69, 9.17) is 14.2 Å². The molecule has 1 aromatic rings. The van der Waals surface area contributed by atoms with E-state index in [2.05, 4.69) is 0 Å². The fourth-order valence-corrected chi connectivity index (χ4v) is 2.48. The van der Waals surface area contributed by atoms with Crippen molar-refractivity contribution in [3.05, 3.63) is 18.2 Å². The van der Waals surface area contributed by atoms with Crippen LogP contribution in [0.2, 0.25) is 0 Å². The third kappa shape index (κ3) is 2.17. The van der Waals surface area contributed by atoms with Crippen molar-refractivity contribution in [3.8, 4) is 11.5 Å². The summed E-state index contributed by atoms with van der Waals surface area (Å²) in [5.74, 6) is 0.468. The standard InChI is InChI=1S/C14H15NO5/c1-18-14(17)9-6-13(16)15(8-9)10-2-3-11-12(7-10)20-5-4-19-11/h2-3,7,9H,4-6,8H2,1H3/t9-/m1/s1. The van der Waals surface area contributed by atoms with Crippen molar-refractivity contribution in [2.75, 3.05) is 31.8 Å². The summed E-state index contributed by atoms with van der Waals surface area (Å²) in [6.45, 7) is 1.36. The molecule has 0 N–H and O–H groups in total. The number of hydrogen-bond acceptors (Lipinski definition) is 5. The smallest absolute Gasteiger partial charge is 0.311 e. The summed E-state index contributed by atoms with van der Waals surface area (Å²) < 4.78 is 15.6. The molecule has 1 aromatic carbocycles. The van der Waals surface area contributed by atoms with E-state index in [0.717, 1.165) is 0 Å². The lowest BCUT2D eigenvalue weighted by Gasteiger charge is -2.22. The Hall–Kier alpha value is -2.24. The Morgan fingerprint density at radius 2 is 2.05 bits per heavy atom. The van der Waals surface area contributed by atoms with E-state index in [1.165, 1.54) is 7.11 Å². The lowest BCUT2D eigenvalue weighted by atomic mass is 10.1. The van der Waals surface area contributed by atoms with E-state index in [-0.39, 0.29) is 18.3 Å². The quantitative estimate of drug-likeness (QED) is 0.754. The van der Waals surface area contributed by atoms with Gasteiger partial charge in [-0.15, -0.1) is 0 Å². The Bertz CT molecular complexity index is 556. The van der Waals surface area contributed by atoms with Crippen LogP contribution in [0.25, 0.3) is 0 Å². The largest absolute Gasteiger partial charge is 0.486 e. The molecule has 6 nitrogen and oxygen atoms in total. The van der Waals surface area contributed by atoms with Crippen molar-refractivity contribution >= 4 is 17.6 Å². The van der Waals surface area contributed by atoms with Crippen LogP contribution in [0.5, 0.6) is 11.5 Å². The van der Waals surface area contributed by atoms with Gasteiger partial charge in [0.1, 0.15) is 13.2 Å². The van der Waals surface area contributed by atoms with Crippen LogP contribution in [0.3, 0.4) is 0 Å². The van der Waals surface area contributed by atoms with Gasteiger partial charge in [0.05, 0.1) is 13.0 Å². The molecule has 0 spiro atoms. The molecule has 20 heavy (non-hydrogen) atoms. The molecule has 1 saturated heterocycles. The van der Waals surface area contributed by atoms with Gasteiger partial charge in [-0.2, -0.15) is 0 Å². The summed E-state index contributed by atoms with van der Waals surface area (Å²) in [6, 6.07) is 5.35. The van der Waals surface area contributed by atoms with Crippen LogP contribution < -0.4 is 14.4 Å². The van der Waals surface area contributed by atoms with Gasteiger partial charge in [0.25, 0.3) is 0 Å². The molecule has 6 heteroatoms. The highest BCUT2D eigenvalue weighted by Gasteiger charge is 2.36. The van der Waals surface area contributed by atoms with E-state index in [1.54, 1.807) is 23.1 Å². The van der Waals surface area contributed by atoms with Gasteiger partial charge in [0.15, 0.2) is 11.5 Å².